The highest BCUT2D eigenvalue weighted by atomic mass is 32.1. The molecule has 0 bridgehead atoms. The summed E-state index contributed by atoms with van der Waals surface area (Å²) in [6, 6.07) is 5.24. The summed E-state index contributed by atoms with van der Waals surface area (Å²) in [5.74, 6) is -2.08. The van der Waals surface area contributed by atoms with Gasteiger partial charge in [-0.2, -0.15) is 0 Å². The number of nitrogens with one attached hydrogen (secondary N) is 1. The van der Waals surface area contributed by atoms with Gasteiger partial charge in [0.25, 0.3) is 5.91 Å². The number of carbonyl (C=O) groups is 4. The molecule has 0 radical (unpaired) electrons. The Morgan fingerprint density at radius 1 is 1.00 bits per heavy atom. The molecule has 1 amide bonds. The number of esters is 2. The van der Waals surface area contributed by atoms with Crippen LogP contribution in [0.5, 0.6) is 0 Å². The van der Waals surface area contributed by atoms with E-state index in [9.17, 15) is 19.2 Å². The Bertz CT molecular complexity index is 976. The number of ketones is 1. The van der Waals surface area contributed by atoms with Gasteiger partial charge in [0, 0.05) is 0 Å². The maximum atomic E-state index is 12.3. The van der Waals surface area contributed by atoms with Gasteiger partial charge >= 0.3 is 11.9 Å². The second-order valence-electron chi connectivity index (χ2n) is 6.41. The van der Waals surface area contributed by atoms with Crippen LogP contribution in [0.3, 0.4) is 0 Å². The number of benzene rings is 1. The van der Waals surface area contributed by atoms with Gasteiger partial charge in [0.1, 0.15) is 5.00 Å². The Morgan fingerprint density at radius 2 is 1.69 bits per heavy atom. The molecule has 8 heteroatoms. The minimum atomic E-state index is -0.628. The van der Waals surface area contributed by atoms with Crippen molar-refractivity contribution in [2.45, 2.75) is 34.6 Å². The van der Waals surface area contributed by atoms with Crippen molar-refractivity contribution in [1.82, 2.24) is 0 Å². The molecule has 0 aliphatic rings. The van der Waals surface area contributed by atoms with Gasteiger partial charge in [-0.05, 0) is 57.4 Å². The summed E-state index contributed by atoms with van der Waals surface area (Å²) in [5, 5.41) is 2.74. The third-order valence-electron chi connectivity index (χ3n) is 4.36. The fourth-order valence-corrected chi connectivity index (χ4v) is 3.84. The zero-order valence-corrected chi connectivity index (χ0v) is 17.8. The average molecular weight is 417 g/mol. The van der Waals surface area contributed by atoms with E-state index in [-0.39, 0.29) is 23.0 Å². The van der Waals surface area contributed by atoms with E-state index >= 15 is 0 Å². The highest BCUT2D eigenvalue weighted by Crippen LogP contribution is 2.34. The Labute approximate surface area is 173 Å². The molecule has 2 aromatic rings. The van der Waals surface area contributed by atoms with E-state index < -0.39 is 24.5 Å². The smallest absolute Gasteiger partial charge is 0.341 e. The Hall–Kier alpha value is -3.00. The molecule has 29 heavy (non-hydrogen) atoms. The minimum Gasteiger partial charge on any atom is -0.462 e. The Balaban J connectivity index is 2.15. The molecule has 0 atom stereocenters. The van der Waals surface area contributed by atoms with Crippen molar-refractivity contribution in [1.29, 1.82) is 0 Å². The highest BCUT2D eigenvalue weighted by Gasteiger charge is 2.25. The summed E-state index contributed by atoms with van der Waals surface area (Å²) in [5.41, 5.74) is 2.69. The van der Waals surface area contributed by atoms with Gasteiger partial charge in [-0.1, -0.05) is 12.1 Å². The lowest BCUT2D eigenvalue weighted by atomic mass is 10.0. The number of aryl methyl sites for hydroxylation is 1. The third kappa shape index (κ3) is 5.08. The molecule has 0 spiro atoms. The SMILES string of the molecule is CCOC(=O)c1c(NC(=O)COC(=O)c2cccc(C)c2C)sc(C(C)=O)c1C. The maximum absolute atomic E-state index is 12.3. The first-order valence-corrected chi connectivity index (χ1v) is 9.83. The van der Waals surface area contributed by atoms with Gasteiger partial charge in [-0.25, -0.2) is 9.59 Å². The third-order valence-corrected chi connectivity index (χ3v) is 5.67. The van der Waals surface area contributed by atoms with Gasteiger partial charge < -0.3 is 14.8 Å². The second-order valence-corrected chi connectivity index (χ2v) is 7.43. The molecule has 0 saturated carbocycles. The van der Waals surface area contributed by atoms with Crippen LogP contribution >= 0.6 is 11.3 Å². The molecule has 1 heterocycles. The van der Waals surface area contributed by atoms with Crippen LogP contribution in [0.25, 0.3) is 0 Å². The summed E-state index contributed by atoms with van der Waals surface area (Å²) in [7, 11) is 0. The van der Waals surface area contributed by atoms with E-state index in [0.29, 0.717) is 16.0 Å². The number of Topliss-reactive ketones (excluding diaryl/α,β-unsaturated/α-hetero) is 1. The van der Waals surface area contributed by atoms with Gasteiger partial charge in [0.2, 0.25) is 0 Å². The first kappa shape index (κ1) is 22.3. The maximum Gasteiger partial charge on any atom is 0.341 e. The Kier molecular flexibility index (Phi) is 7.28. The van der Waals surface area contributed by atoms with Crippen LogP contribution in [0, 0.1) is 20.8 Å². The zero-order valence-electron chi connectivity index (χ0n) is 17.0. The number of thiophene rings is 1. The van der Waals surface area contributed by atoms with E-state index in [2.05, 4.69) is 5.32 Å². The normalized spacial score (nSPS) is 10.4. The summed E-state index contributed by atoms with van der Waals surface area (Å²) in [6.45, 7) is 7.97. The fraction of sp³-hybridized carbons (Fsp3) is 0.333. The number of hydrogen-bond acceptors (Lipinski definition) is 7. The molecular formula is C21H23NO6S. The number of amides is 1. The van der Waals surface area contributed by atoms with Crippen LogP contribution in [0.1, 0.15) is 60.9 Å². The molecular weight excluding hydrogens is 394 g/mol. The molecule has 0 saturated heterocycles. The molecule has 1 aromatic heterocycles. The lowest BCUT2D eigenvalue weighted by Gasteiger charge is -2.10. The fourth-order valence-electron chi connectivity index (χ4n) is 2.73. The lowest BCUT2D eigenvalue weighted by Crippen LogP contribution is -2.22. The number of carbonyl (C=O) groups excluding carboxylic acids is 4. The lowest BCUT2D eigenvalue weighted by molar-refractivity contribution is -0.119. The van der Waals surface area contributed by atoms with Crippen LogP contribution in [0.15, 0.2) is 18.2 Å². The molecule has 0 unspecified atom stereocenters. The monoisotopic (exact) mass is 417 g/mol. The largest absolute Gasteiger partial charge is 0.462 e. The number of rotatable bonds is 7. The van der Waals surface area contributed by atoms with Crippen molar-refractivity contribution in [3.63, 3.8) is 0 Å². The molecule has 154 valence electrons. The molecule has 0 aliphatic carbocycles. The Morgan fingerprint density at radius 3 is 2.31 bits per heavy atom. The molecule has 0 fully saturated rings. The van der Waals surface area contributed by atoms with Crippen LogP contribution in [0.2, 0.25) is 0 Å². The topological polar surface area (TPSA) is 98.8 Å². The van der Waals surface area contributed by atoms with E-state index in [4.69, 9.17) is 9.47 Å². The van der Waals surface area contributed by atoms with Gasteiger partial charge in [0.15, 0.2) is 12.4 Å². The molecule has 0 aliphatic heterocycles. The highest BCUT2D eigenvalue weighted by molar-refractivity contribution is 7.18. The average Bonchev–Trinajstić information content (AvgIpc) is 2.98. The van der Waals surface area contributed by atoms with Crippen molar-refractivity contribution in [2.75, 3.05) is 18.5 Å². The van der Waals surface area contributed by atoms with E-state index in [0.717, 1.165) is 22.5 Å². The first-order chi connectivity index (χ1) is 13.7. The van der Waals surface area contributed by atoms with Crippen molar-refractivity contribution < 1.29 is 28.7 Å². The number of hydrogen-bond donors (Lipinski definition) is 1. The van der Waals surface area contributed by atoms with Crippen LogP contribution in [0.4, 0.5) is 5.00 Å². The number of anilines is 1. The van der Waals surface area contributed by atoms with E-state index in [1.54, 1.807) is 32.9 Å². The number of ether oxygens (including phenoxy) is 2. The predicted molar refractivity (Wildman–Crippen MR) is 110 cm³/mol. The second kappa shape index (κ2) is 9.47. The quantitative estimate of drug-likeness (QED) is 0.543. The van der Waals surface area contributed by atoms with Crippen molar-refractivity contribution in [3.8, 4) is 0 Å². The molecule has 2 rings (SSSR count). The summed E-state index contributed by atoms with van der Waals surface area (Å²) in [4.78, 5) is 49.0. The summed E-state index contributed by atoms with van der Waals surface area (Å²) >= 11 is 0.989. The first-order valence-electron chi connectivity index (χ1n) is 9.02. The summed E-state index contributed by atoms with van der Waals surface area (Å²) in [6.07, 6.45) is 0. The molecule has 1 N–H and O–H groups in total. The van der Waals surface area contributed by atoms with Crippen molar-refractivity contribution in [3.05, 3.63) is 50.9 Å². The van der Waals surface area contributed by atoms with Gasteiger partial charge in [-0.15, -0.1) is 11.3 Å². The van der Waals surface area contributed by atoms with E-state index in [1.807, 2.05) is 13.0 Å². The van der Waals surface area contributed by atoms with Crippen molar-refractivity contribution in [2.24, 2.45) is 0 Å². The van der Waals surface area contributed by atoms with Gasteiger partial charge in [-0.3, -0.25) is 9.59 Å². The van der Waals surface area contributed by atoms with Crippen molar-refractivity contribution >= 4 is 40.0 Å². The van der Waals surface area contributed by atoms with Gasteiger partial charge in [0.05, 0.1) is 22.6 Å². The minimum absolute atomic E-state index is 0.135. The predicted octanol–water partition coefficient (Wildman–Crippen LogP) is 3.85. The zero-order chi connectivity index (χ0) is 21.7. The van der Waals surface area contributed by atoms with E-state index in [1.165, 1.54) is 6.92 Å². The van der Waals surface area contributed by atoms with Crippen LogP contribution in [-0.4, -0.2) is 36.8 Å². The molecule has 1 aromatic carbocycles. The summed E-state index contributed by atoms with van der Waals surface area (Å²) < 4.78 is 10.1. The molecule has 7 nitrogen and oxygen atoms in total. The standard InChI is InChI=1S/C21H23NO6S/c1-6-27-21(26)17-13(4)18(14(5)23)29-19(17)22-16(24)10-28-20(25)15-9-7-8-11(2)12(15)3/h7-9H,6,10H2,1-5H3,(H,22,24). The van der Waals surface area contributed by atoms with Crippen LogP contribution < -0.4 is 5.32 Å². The van der Waals surface area contributed by atoms with Crippen LogP contribution in [-0.2, 0) is 14.3 Å².